The first-order valence-corrected chi connectivity index (χ1v) is 13.2. The molecule has 190 valence electrons. The molecule has 4 aromatic rings. The molecule has 1 aromatic heterocycles. The summed E-state index contributed by atoms with van der Waals surface area (Å²) in [6.07, 6.45) is 3.09. The third-order valence-corrected chi connectivity index (χ3v) is 7.32. The monoisotopic (exact) mass is 514 g/mol. The van der Waals surface area contributed by atoms with E-state index in [-0.39, 0.29) is 17.5 Å². The van der Waals surface area contributed by atoms with Gasteiger partial charge in [0.1, 0.15) is 0 Å². The van der Waals surface area contributed by atoms with Crippen molar-refractivity contribution in [3.63, 3.8) is 0 Å². The average Bonchev–Trinajstić information content (AvgIpc) is 3.37. The van der Waals surface area contributed by atoms with Gasteiger partial charge in [-0.25, -0.2) is 4.68 Å². The maximum Gasteiger partial charge on any atom is 0.274 e. The maximum atomic E-state index is 13.4. The van der Waals surface area contributed by atoms with Gasteiger partial charge in [0, 0.05) is 42.4 Å². The Kier molecular flexibility index (Phi) is 7.97. The fourth-order valence-electron chi connectivity index (χ4n) is 5.08. The molecule has 1 atom stereocenters. The van der Waals surface area contributed by atoms with Crippen molar-refractivity contribution in [3.05, 3.63) is 111 Å². The standard InChI is InChI=1S/C30H31ClN4O2/c31-24-14-12-22(13-15-24)19-28-26-10-4-5-11-27(26)30(37)35(33-28)21-25-9-6-17-34(25)18-16-29(36)32-20-23-7-2-1-3-8-23/h1-5,7-8,10-15,25H,6,9,16-21H2,(H,32,36)/t25-/m1/s1. The van der Waals surface area contributed by atoms with E-state index in [1.54, 1.807) is 4.68 Å². The quantitative estimate of drug-likeness (QED) is 0.348. The Morgan fingerprint density at radius 2 is 1.68 bits per heavy atom. The van der Waals surface area contributed by atoms with Crippen LogP contribution in [0.2, 0.25) is 5.02 Å². The van der Waals surface area contributed by atoms with Crippen LogP contribution in [-0.2, 0) is 24.3 Å². The predicted molar refractivity (Wildman–Crippen MR) is 148 cm³/mol. The van der Waals surface area contributed by atoms with Gasteiger partial charge in [-0.3, -0.25) is 14.5 Å². The van der Waals surface area contributed by atoms with Gasteiger partial charge in [-0.2, -0.15) is 5.10 Å². The summed E-state index contributed by atoms with van der Waals surface area (Å²) in [4.78, 5) is 28.1. The van der Waals surface area contributed by atoms with E-state index in [1.165, 1.54) is 0 Å². The Morgan fingerprint density at radius 3 is 2.46 bits per heavy atom. The number of amides is 1. The number of carbonyl (C=O) groups excluding carboxylic acids is 1. The highest BCUT2D eigenvalue weighted by atomic mass is 35.5. The van der Waals surface area contributed by atoms with Gasteiger partial charge in [0.05, 0.1) is 17.6 Å². The Balaban J connectivity index is 1.28. The summed E-state index contributed by atoms with van der Waals surface area (Å²) in [6, 6.07) is 25.5. The Hall–Kier alpha value is -3.48. The molecule has 1 fully saturated rings. The number of carbonyl (C=O) groups is 1. The first-order valence-electron chi connectivity index (χ1n) is 12.8. The normalized spacial score (nSPS) is 15.8. The van der Waals surface area contributed by atoms with Gasteiger partial charge in [0.15, 0.2) is 0 Å². The summed E-state index contributed by atoms with van der Waals surface area (Å²) in [7, 11) is 0. The molecule has 7 heteroatoms. The number of likely N-dealkylation sites (tertiary alicyclic amines) is 1. The summed E-state index contributed by atoms with van der Waals surface area (Å²) in [5, 5.41) is 10.1. The smallest absolute Gasteiger partial charge is 0.274 e. The summed E-state index contributed by atoms with van der Waals surface area (Å²) in [6.45, 7) is 2.65. The number of nitrogens with one attached hydrogen (secondary N) is 1. The molecule has 1 N–H and O–H groups in total. The lowest BCUT2D eigenvalue weighted by atomic mass is 10.0. The van der Waals surface area contributed by atoms with Crippen molar-refractivity contribution >= 4 is 28.3 Å². The molecule has 1 amide bonds. The minimum Gasteiger partial charge on any atom is -0.352 e. The van der Waals surface area contributed by atoms with E-state index < -0.39 is 0 Å². The second-order valence-electron chi connectivity index (χ2n) is 9.63. The Labute approximate surface area is 221 Å². The van der Waals surface area contributed by atoms with Crippen molar-refractivity contribution in [2.24, 2.45) is 0 Å². The lowest BCUT2D eigenvalue weighted by molar-refractivity contribution is -0.121. The van der Waals surface area contributed by atoms with E-state index in [0.29, 0.717) is 42.9 Å². The summed E-state index contributed by atoms with van der Waals surface area (Å²) in [5.74, 6) is 0.0424. The molecule has 0 spiro atoms. The van der Waals surface area contributed by atoms with Crippen LogP contribution in [0.5, 0.6) is 0 Å². The zero-order valence-corrected chi connectivity index (χ0v) is 21.5. The van der Waals surface area contributed by atoms with Crippen LogP contribution in [0.25, 0.3) is 10.8 Å². The molecule has 0 saturated carbocycles. The Morgan fingerprint density at radius 1 is 0.946 bits per heavy atom. The number of hydrogen-bond acceptors (Lipinski definition) is 4. The van der Waals surface area contributed by atoms with Gasteiger partial charge >= 0.3 is 0 Å². The van der Waals surface area contributed by atoms with Gasteiger partial charge in [-0.1, -0.05) is 72.3 Å². The van der Waals surface area contributed by atoms with Crippen LogP contribution in [0, 0.1) is 0 Å². The van der Waals surface area contributed by atoms with Crippen LogP contribution < -0.4 is 10.9 Å². The van der Waals surface area contributed by atoms with Crippen molar-refractivity contribution < 1.29 is 4.79 Å². The number of fused-ring (bicyclic) bond motifs is 1. The van der Waals surface area contributed by atoms with Gasteiger partial charge in [0.2, 0.25) is 5.91 Å². The molecule has 0 bridgehead atoms. The average molecular weight is 515 g/mol. The minimum atomic E-state index is -0.0667. The van der Waals surface area contributed by atoms with E-state index in [2.05, 4.69) is 10.2 Å². The lowest BCUT2D eigenvalue weighted by Gasteiger charge is -2.25. The molecular weight excluding hydrogens is 484 g/mol. The van der Waals surface area contributed by atoms with Gasteiger partial charge in [0.25, 0.3) is 5.56 Å². The van der Waals surface area contributed by atoms with Crippen LogP contribution in [0.15, 0.2) is 83.7 Å². The molecule has 5 rings (SSSR count). The number of benzene rings is 3. The SMILES string of the molecule is O=C(CCN1CCC[C@@H]1Cn1nc(Cc2ccc(Cl)cc2)c2ccccc2c1=O)NCc1ccccc1. The fraction of sp³-hybridized carbons (Fsp3) is 0.300. The highest BCUT2D eigenvalue weighted by Gasteiger charge is 2.26. The van der Waals surface area contributed by atoms with Crippen molar-refractivity contribution in [3.8, 4) is 0 Å². The molecule has 2 heterocycles. The molecule has 1 aliphatic heterocycles. The van der Waals surface area contributed by atoms with E-state index in [4.69, 9.17) is 16.7 Å². The van der Waals surface area contributed by atoms with Gasteiger partial charge < -0.3 is 5.32 Å². The summed E-state index contributed by atoms with van der Waals surface area (Å²) in [5.41, 5.74) is 2.99. The van der Waals surface area contributed by atoms with Crippen LogP contribution >= 0.6 is 11.6 Å². The second kappa shape index (κ2) is 11.7. The van der Waals surface area contributed by atoms with Crippen molar-refractivity contribution in [1.82, 2.24) is 20.0 Å². The molecule has 1 aliphatic rings. The number of hydrogen-bond donors (Lipinski definition) is 1. The van der Waals surface area contributed by atoms with Crippen LogP contribution in [0.1, 0.15) is 36.1 Å². The third kappa shape index (κ3) is 6.27. The lowest BCUT2D eigenvalue weighted by Crippen LogP contribution is -2.39. The zero-order valence-electron chi connectivity index (χ0n) is 20.8. The number of nitrogens with zero attached hydrogens (tertiary/aromatic N) is 3. The Bertz CT molecular complexity index is 1420. The van der Waals surface area contributed by atoms with E-state index in [0.717, 1.165) is 41.6 Å². The summed E-state index contributed by atoms with van der Waals surface area (Å²) >= 11 is 6.06. The molecule has 3 aromatic carbocycles. The molecule has 0 unspecified atom stereocenters. The predicted octanol–water partition coefficient (Wildman–Crippen LogP) is 4.81. The first-order chi connectivity index (χ1) is 18.1. The number of halogens is 1. The number of aromatic nitrogens is 2. The summed E-state index contributed by atoms with van der Waals surface area (Å²) < 4.78 is 1.63. The van der Waals surface area contributed by atoms with Crippen LogP contribution in [0.4, 0.5) is 0 Å². The fourth-order valence-corrected chi connectivity index (χ4v) is 5.21. The van der Waals surface area contributed by atoms with Crippen molar-refractivity contribution in [2.75, 3.05) is 13.1 Å². The largest absolute Gasteiger partial charge is 0.352 e. The first kappa shape index (κ1) is 25.2. The topological polar surface area (TPSA) is 67.2 Å². The minimum absolute atomic E-state index is 0.0424. The molecule has 0 radical (unpaired) electrons. The van der Waals surface area contributed by atoms with Crippen LogP contribution in [0.3, 0.4) is 0 Å². The molecule has 0 aliphatic carbocycles. The van der Waals surface area contributed by atoms with Gasteiger partial charge in [-0.15, -0.1) is 0 Å². The van der Waals surface area contributed by atoms with Crippen LogP contribution in [-0.4, -0.2) is 39.7 Å². The van der Waals surface area contributed by atoms with Crippen molar-refractivity contribution in [1.29, 1.82) is 0 Å². The molecular formula is C30H31ClN4O2. The third-order valence-electron chi connectivity index (χ3n) is 7.07. The molecule has 6 nitrogen and oxygen atoms in total. The van der Waals surface area contributed by atoms with E-state index >= 15 is 0 Å². The highest BCUT2D eigenvalue weighted by molar-refractivity contribution is 6.30. The van der Waals surface area contributed by atoms with E-state index in [9.17, 15) is 9.59 Å². The molecule has 37 heavy (non-hydrogen) atoms. The second-order valence-corrected chi connectivity index (χ2v) is 10.1. The maximum absolute atomic E-state index is 13.4. The molecule has 1 saturated heterocycles. The van der Waals surface area contributed by atoms with Crippen molar-refractivity contribution in [2.45, 2.75) is 44.8 Å². The van der Waals surface area contributed by atoms with E-state index in [1.807, 2.05) is 78.9 Å². The van der Waals surface area contributed by atoms with Gasteiger partial charge in [-0.05, 0) is 48.7 Å². The highest BCUT2D eigenvalue weighted by Crippen LogP contribution is 2.21. The number of rotatable bonds is 9. The zero-order chi connectivity index (χ0) is 25.6.